The van der Waals surface area contributed by atoms with E-state index in [0.29, 0.717) is 42.6 Å². The number of aromatic nitrogens is 3. The Labute approximate surface area is 171 Å². The Morgan fingerprint density at radius 1 is 1.14 bits per heavy atom. The minimum atomic E-state index is 0.229. The lowest BCUT2D eigenvalue weighted by atomic mass is 9.91. The van der Waals surface area contributed by atoms with Crippen molar-refractivity contribution in [1.29, 1.82) is 0 Å². The van der Waals surface area contributed by atoms with E-state index in [1.165, 1.54) is 12.0 Å². The van der Waals surface area contributed by atoms with Crippen LogP contribution < -0.4 is 0 Å². The minimum Gasteiger partial charge on any atom is -0.342 e. The largest absolute Gasteiger partial charge is 0.342 e. The second kappa shape index (κ2) is 9.45. The van der Waals surface area contributed by atoms with Crippen LogP contribution in [0.25, 0.3) is 11.5 Å². The van der Waals surface area contributed by atoms with E-state index in [0.717, 1.165) is 25.9 Å². The van der Waals surface area contributed by atoms with E-state index in [9.17, 15) is 4.79 Å². The first kappa shape index (κ1) is 19.3. The molecule has 150 valence electrons. The predicted molar refractivity (Wildman–Crippen MR) is 110 cm³/mol. The van der Waals surface area contributed by atoms with Gasteiger partial charge in [0, 0.05) is 32.1 Å². The number of hydrogen-bond acceptors (Lipinski definition) is 5. The molecule has 0 unspecified atom stereocenters. The molecule has 29 heavy (non-hydrogen) atoms. The normalized spacial score (nSPS) is 16.7. The highest BCUT2D eigenvalue weighted by Gasteiger charge is 2.23. The fourth-order valence-electron chi connectivity index (χ4n) is 3.91. The average molecular weight is 390 g/mol. The van der Waals surface area contributed by atoms with Crippen LogP contribution in [-0.2, 0) is 17.6 Å². The molecule has 6 nitrogen and oxygen atoms in total. The number of nitrogens with zero attached hydrogens (tertiary/aromatic N) is 4. The summed E-state index contributed by atoms with van der Waals surface area (Å²) in [6.45, 7) is 1.73. The molecule has 0 radical (unpaired) electrons. The van der Waals surface area contributed by atoms with Gasteiger partial charge in [-0.05, 0) is 49.3 Å². The second-order valence-electron chi connectivity index (χ2n) is 7.62. The smallest absolute Gasteiger partial charge is 0.227 e. The minimum absolute atomic E-state index is 0.229. The Hall–Kier alpha value is -3.02. The molecule has 0 N–H and O–H groups in total. The van der Waals surface area contributed by atoms with Gasteiger partial charge < -0.3 is 9.42 Å². The van der Waals surface area contributed by atoms with E-state index in [1.807, 2.05) is 29.2 Å². The maximum atomic E-state index is 12.7. The molecule has 3 aromatic rings. The maximum absolute atomic E-state index is 12.7. The highest BCUT2D eigenvalue weighted by Crippen LogP contribution is 2.22. The van der Waals surface area contributed by atoms with Gasteiger partial charge in [-0.3, -0.25) is 9.78 Å². The van der Waals surface area contributed by atoms with Crippen LogP contribution in [0.4, 0.5) is 0 Å². The van der Waals surface area contributed by atoms with Gasteiger partial charge in [-0.25, -0.2) is 0 Å². The molecule has 1 fully saturated rings. The van der Waals surface area contributed by atoms with E-state index in [2.05, 4.69) is 39.4 Å². The Balaban J connectivity index is 1.24. The lowest BCUT2D eigenvalue weighted by Crippen LogP contribution is -2.40. The van der Waals surface area contributed by atoms with E-state index in [1.54, 1.807) is 6.20 Å². The van der Waals surface area contributed by atoms with Gasteiger partial charge in [0.15, 0.2) is 0 Å². The van der Waals surface area contributed by atoms with Crippen LogP contribution in [0.1, 0.15) is 37.1 Å². The quantitative estimate of drug-likeness (QED) is 0.611. The molecule has 1 aliphatic rings. The van der Waals surface area contributed by atoms with Crippen LogP contribution in [0, 0.1) is 5.92 Å². The second-order valence-corrected chi connectivity index (χ2v) is 7.62. The summed E-state index contributed by atoms with van der Waals surface area (Å²) in [7, 11) is 0. The molecule has 0 spiro atoms. The summed E-state index contributed by atoms with van der Waals surface area (Å²) in [5.74, 6) is 1.82. The zero-order valence-corrected chi connectivity index (χ0v) is 16.5. The highest BCUT2D eigenvalue weighted by atomic mass is 16.5. The number of piperidine rings is 1. The van der Waals surface area contributed by atoms with Gasteiger partial charge in [-0.1, -0.05) is 41.6 Å². The van der Waals surface area contributed by atoms with Crippen molar-refractivity contribution in [3.8, 4) is 11.5 Å². The molecule has 1 atom stereocenters. The third kappa shape index (κ3) is 5.28. The van der Waals surface area contributed by atoms with E-state index < -0.39 is 0 Å². The number of carbonyl (C=O) groups excluding carboxylic acids is 1. The van der Waals surface area contributed by atoms with Gasteiger partial charge in [0.2, 0.25) is 17.6 Å². The fraction of sp³-hybridized carbons (Fsp3) is 0.391. The van der Waals surface area contributed by atoms with E-state index >= 15 is 0 Å². The Bertz CT molecular complexity index is 911. The molecular weight excluding hydrogens is 364 g/mol. The lowest BCUT2D eigenvalue weighted by molar-refractivity contribution is -0.133. The van der Waals surface area contributed by atoms with Crippen molar-refractivity contribution >= 4 is 5.91 Å². The zero-order valence-electron chi connectivity index (χ0n) is 16.5. The van der Waals surface area contributed by atoms with Crippen LogP contribution in [-0.4, -0.2) is 39.0 Å². The summed E-state index contributed by atoms with van der Waals surface area (Å²) in [6, 6.07) is 16.1. The number of carbonyl (C=O) groups is 1. The first-order valence-corrected chi connectivity index (χ1v) is 10.3. The van der Waals surface area contributed by atoms with Crippen molar-refractivity contribution < 1.29 is 9.32 Å². The number of rotatable bonds is 7. The van der Waals surface area contributed by atoms with Crippen molar-refractivity contribution in [3.63, 3.8) is 0 Å². The van der Waals surface area contributed by atoms with Crippen molar-refractivity contribution in [2.45, 2.75) is 38.5 Å². The number of likely N-dealkylation sites (tertiary alicyclic amines) is 1. The molecule has 6 heteroatoms. The van der Waals surface area contributed by atoms with Crippen LogP contribution >= 0.6 is 0 Å². The zero-order chi connectivity index (χ0) is 19.9. The molecule has 1 aromatic carbocycles. The summed E-state index contributed by atoms with van der Waals surface area (Å²) in [5, 5.41) is 3.98. The number of benzene rings is 1. The van der Waals surface area contributed by atoms with E-state index in [-0.39, 0.29) is 5.91 Å². The fourth-order valence-corrected chi connectivity index (χ4v) is 3.91. The standard InChI is InChI=1S/C23H26N4O2/c28-22(27-15-7-10-19(17-27)16-18-8-2-1-3-9-18)13-6-12-21-25-23(26-29-21)20-11-4-5-14-24-20/h1-5,8-9,11,14,19H,6-7,10,12-13,15-17H2/t19-/m0/s1. The number of pyridine rings is 1. The molecular formula is C23H26N4O2. The average Bonchev–Trinajstić information content (AvgIpc) is 3.24. The number of aryl methyl sites for hydroxylation is 1. The Morgan fingerprint density at radius 3 is 2.83 bits per heavy atom. The summed E-state index contributed by atoms with van der Waals surface area (Å²) in [6.07, 6.45) is 6.85. The van der Waals surface area contributed by atoms with Gasteiger partial charge in [-0.15, -0.1) is 0 Å². The van der Waals surface area contributed by atoms with Gasteiger partial charge in [-0.2, -0.15) is 4.98 Å². The van der Waals surface area contributed by atoms with Gasteiger partial charge in [0.25, 0.3) is 0 Å². The third-order valence-electron chi connectivity index (χ3n) is 5.38. The monoisotopic (exact) mass is 390 g/mol. The summed E-state index contributed by atoms with van der Waals surface area (Å²) in [4.78, 5) is 23.3. The Morgan fingerprint density at radius 2 is 2.00 bits per heavy atom. The summed E-state index contributed by atoms with van der Waals surface area (Å²) >= 11 is 0. The Kier molecular flexibility index (Phi) is 6.29. The lowest BCUT2D eigenvalue weighted by Gasteiger charge is -2.33. The molecule has 0 aliphatic carbocycles. The van der Waals surface area contributed by atoms with Crippen molar-refractivity contribution in [2.75, 3.05) is 13.1 Å². The van der Waals surface area contributed by atoms with Crippen LogP contribution in [0.5, 0.6) is 0 Å². The van der Waals surface area contributed by atoms with E-state index in [4.69, 9.17) is 4.52 Å². The molecule has 2 aromatic heterocycles. The van der Waals surface area contributed by atoms with Crippen molar-refractivity contribution in [1.82, 2.24) is 20.0 Å². The van der Waals surface area contributed by atoms with Gasteiger partial charge >= 0.3 is 0 Å². The number of hydrogen-bond donors (Lipinski definition) is 0. The maximum Gasteiger partial charge on any atom is 0.227 e. The van der Waals surface area contributed by atoms with Crippen LogP contribution in [0.15, 0.2) is 59.3 Å². The molecule has 3 heterocycles. The number of amides is 1. The summed E-state index contributed by atoms with van der Waals surface area (Å²) < 4.78 is 5.30. The van der Waals surface area contributed by atoms with Gasteiger partial charge in [0.1, 0.15) is 5.69 Å². The SMILES string of the molecule is O=C(CCCc1nc(-c2ccccn2)no1)N1CCC[C@@H](Cc2ccccc2)C1. The van der Waals surface area contributed by atoms with Crippen LogP contribution in [0.2, 0.25) is 0 Å². The molecule has 0 saturated carbocycles. The molecule has 4 rings (SSSR count). The summed E-state index contributed by atoms with van der Waals surface area (Å²) in [5.41, 5.74) is 2.04. The molecule has 1 saturated heterocycles. The van der Waals surface area contributed by atoms with Crippen molar-refractivity contribution in [2.24, 2.45) is 5.92 Å². The predicted octanol–water partition coefficient (Wildman–Crippen LogP) is 3.94. The first-order chi connectivity index (χ1) is 14.3. The van der Waals surface area contributed by atoms with Crippen LogP contribution in [0.3, 0.4) is 0 Å². The van der Waals surface area contributed by atoms with Gasteiger partial charge in [0.05, 0.1) is 0 Å². The molecule has 1 amide bonds. The third-order valence-corrected chi connectivity index (χ3v) is 5.38. The topological polar surface area (TPSA) is 72.1 Å². The highest BCUT2D eigenvalue weighted by molar-refractivity contribution is 5.76. The molecule has 0 bridgehead atoms. The first-order valence-electron chi connectivity index (χ1n) is 10.3. The van der Waals surface area contributed by atoms with Crippen molar-refractivity contribution in [3.05, 3.63) is 66.2 Å². The molecule has 1 aliphatic heterocycles.